The van der Waals surface area contributed by atoms with Crippen molar-refractivity contribution in [3.63, 3.8) is 0 Å². The fourth-order valence-electron chi connectivity index (χ4n) is 1.56. The van der Waals surface area contributed by atoms with E-state index in [0.717, 1.165) is 19.5 Å². The van der Waals surface area contributed by atoms with E-state index in [-0.39, 0.29) is 0 Å². The third-order valence-electron chi connectivity index (χ3n) is 2.47. The van der Waals surface area contributed by atoms with Gasteiger partial charge in [0.15, 0.2) is 0 Å². The maximum Gasteiger partial charge on any atom is 0.0492 e. The van der Waals surface area contributed by atoms with Gasteiger partial charge in [-0.3, -0.25) is 4.68 Å². The molecule has 2 heterocycles. The van der Waals surface area contributed by atoms with Crippen molar-refractivity contribution < 1.29 is 0 Å². The van der Waals surface area contributed by atoms with Gasteiger partial charge in [-0.2, -0.15) is 5.10 Å². The van der Waals surface area contributed by atoms with Gasteiger partial charge in [0, 0.05) is 50.8 Å². The second kappa shape index (κ2) is 4.79. The second-order valence-electron chi connectivity index (χ2n) is 3.59. The van der Waals surface area contributed by atoms with E-state index in [2.05, 4.69) is 27.5 Å². The molecule has 4 nitrogen and oxygen atoms in total. The normalized spacial score (nSPS) is 10.7. The molecule has 0 aliphatic rings. The van der Waals surface area contributed by atoms with Crippen LogP contribution in [-0.2, 0) is 20.0 Å². The Hall–Kier alpha value is -1.55. The minimum absolute atomic E-state index is 0.918. The molecule has 0 atom stereocenters. The highest BCUT2D eigenvalue weighted by atomic mass is 15.3. The third-order valence-corrected chi connectivity index (χ3v) is 2.47. The highest BCUT2D eigenvalue weighted by molar-refractivity contribution is 5.07. The number of aromatic amines is 1. The molecule has 0 unspecified atom stereocenters. The first-order chi connectivity index (χ1) is 7.36. The Balaban J connectivity index is 1.70. The van der Waals surface area contributed by atoms with Crippen LogP contribution in [0.5, 0.6) is 0 Å². The number of nitrogens with one attached hydrogen (secondary N) is 2. The molecule has 0 saturated heterocycles. The Kier molecular flexibility index (Phi) is 3.19. The van der Waals surface area contributed by atoms with Crippen LogP contribution >= 0.6 is 0 Å². The van der Waals surface area contributed by atoms with E-state index in [1.54, 1.807) is 0 Å². The molecular weight excluding hydrogens is 188 g/mol. The highest BCUT2D eigenvalue weighted by Gasteiger charge is 1.97. The van der Waals surface area contributed by atoms with E-state index >= 15 is 0 Å². The molecule has 0 aliphatic carbocycles. The topological polar surface area (TPSA) is 45.6 Å². The largest absolute Gasteiger partial charge is 0.367 e. The van der Waals surface area contributed by atoms with Gasteiger partial charge >= 0.3 is 0 Å². The average molecular weight is 204 g/mol. The van der Waals surface area contributed by atoms with Crippen molar-refractivity contribution in [2.24, 2.45) is 7.05 Å². The number of rotatable bonds is 5. The highest BCUT2D eigenvalue weighted by Crippen LogP contribution is 1.98. The number of hydrogen-bond donors (Lipinski definition) is 2. The lowest BCUT2D eigenvalue weighted by molar-refractivity contribution is 0.643. The number of hydrogen-bond acceptors (Lipinski definition) is 2. The van der Waals surface area contributed by atoms with E-state index < -0.39 is 0 Å². The van der Waals surface area contributed by atoms with E-state index in [9.17, 15) is 0 Å². The quantitative estimate of drug-likeness (QED) is 0.716. The van der Waals surface area contributed by atoms with Gasteiger partial charge in [0.05, 0.1) is 0 Å². The lowest BCUT2D eigenvalue weighted by atomic mass is 10.3. The summed E-state index contributed by atoms with van der Waals surface area (Å²) in [4.78, 5) is 3.04. The minimum Gasteiger partial charge on any atom is -0.367 e. The summed E-state index contributed by atoms with van der Waals surface area (Å²) in [7, 11) is 1.97. The van der Waals surface area contributed by atoms with Crippen LogP contribution in [0.15, 0.2) is 30.7 Å². The molecule has 4 heteroatoms. The van der Waals surface area contributed by atoms with Crippen molar-refractivity contribution in [2.45, 2.75) is 13.0 Å². The van der Waals surface area contributed by atoms with Crippen LogP contribution in [0.25, 0.3) is 0 Å². The van der Waals surface area contributed by atoms with Gasteiger partial charge < -0.3 is 10.3 Å². The summed E-state index contributed by atoms with van der Waals surface area (Å²) in [6.07, 6.45) is 6.80. The predicted octanol–water partition coefficient (Wildman–Crippen LogP) is 1.08. The zero-order valence-corrected chi connectivity index (χ0v) is 8.90. The van der Waals surface area contributed by atoms with Gasteiger partial charge in [-0.1, -0.05) is 0 Å². The molecule has 2 N–H and O–H groups in total. The van der Waals surface area contributed by atoms with Crippen LogP contribution in [0, 0.1) is 0 Å². The van der Waals surface area contributed by atoms with Gasteiger partial charge in [0.2, 0.25) is 0 Å². The number of aryl methyl sites for hydroxylation is 1. The monoisotopic (exact) mass is 204 g/mol. The average Bonchev–Trinajstić information content (AvgIpc) is 2.85. The predicted molar refractivity (Wildman–Crippen MR) is 59.4 cm³/mol. The van der Waals surface area contributed by atoms with Gasteiger partial charge in [0.1, 0.15) is 0 Å². The van der Waals surface area contributed by atoms with Crippen LogP contribution in [0.2, 0.25) is 0 Å². The van der Waals surface area contributed by atoms with Gasteiger partial charge in [-0.15, -0.1) is 0 Å². The Morgan fingerprint density at radius 1 is 1.47 bits per heavy atom. The Bertz CT molecular complexity index is 388. The standard InChI is InChI=1S/C11H16N4/c1-15-11(4-7-14-15)3-6-13-9-10-2-5-12-8-10/h2,4-5,7-8,12-13H,3,6,9H2,1H3. The molecule has 0 spiro atoms. The fraction of sp³-hybridized carbons (Fsp3) is 0.364. The third kappa shape index (κ3) is 2.70. The molecule has 2 aromatic rings. The van der Waals surface area contributed by atoms with E-state index in [1.165, 1.54) is 11.3 Å². The molecule has 0 radical (unpaired) electrons. The summed E-state index contributed by atoms with van der Waals surface area (Å²) in [6, 6.07) is 4.13. The molecule has 0 fully saturated rings. The summed E-state index contributed by atoms with van der Waals surface area (Å²) in [5, 5.41) is 7.52. The first-order valence-corrected chi connectivity index (χ1v) is 5.15. The van der Waals surface area contributed by atoms with E-state index in [0.29, 0.717) is 0 Å². The maximum absolute atomic E-state index is 4.13. The molecule has 80 valence electrons. The van der Waals surface area contributed by atoms with Gasteiger partial charge in [0.25, 0.3) is 0 Å². The van der Waals surface area contributed by atoms with Gasteiger partial charge in [-0.05, 0) is 17.7 Å². The number of aromatic nitrogens is 3. The van der Waals surface area contributed by atoms with Crippen molar-refractivity contribution in [3.05, 3.63) is 42.0 Å². The second-order valence-corrected chi connectivity index (χ2v) is 3.59. The molecule has 0 aliphatic heterocycles. The molecular formula is C11H16N4. The Morgan fingerprint density at radius 2 is 2.40 bits per heavy atom. The molecule has 0 aromatic carbocycles. The van der Waals surface area contributed by atoms with Crippen molar-refractivity contribution in [2.75, 3.05) is 6.54 Å². The van der Waals surface area contributed by atoms with Crippen LogP contribution in [0.4, 0.5) is 0 Å². The molecule has 0 bridgehead atoms. The summed E-state index contributed by atoms with van der Waals surface area (Å²) >= 11 is 0. The van der Waals surface area contributed by atoms with Crippen molar-refractivity contribution in [1.29, 1.82) is 0 Å². The number of H-pyrrole nitrogens is 1. The summed E-state index contributed by atoms with van der Waals surface area (Å²) in [5.41, 5.74) is 2.55. The zero-order valence-electron chi connectivity index (χ0n) is 8.90. The van der Waals surface area contributed by atoms with Crippen LogP contribution in [-0.4, -0.2) is 21.3 Å². The first-order valence-electron chi connectivity index (χ1n) is 5.15. The first kappa shape index (κ1) is 9.98. The summed E-state index contributed by atoms with van der Waals surface area (Å²) in [5.74, 6) is 0. The molecule has 0 amide bonds. The lowest BCUT2D eigenvalue weighted by Gasteiger charge is -2.03. The van der Waals surface area contributed by atoms with Crippen molar-refractivity contribution in [3.8, 4) is 0 Å². The molecule has 0 saturated carbocycles. The van der Waals surface area contributed by atoms with Crippen LogP contribution in [0.1, 0.15) is 11.3 Å². The van der Waals surface area contributed by atoms with Crippen molar-refractivity contribution >= 4 is 0 Å². The molecule has 2 aromatic heterocycles. The SMILES string of the molecule is Cn1nccc1CCNCc1cc[nH]c1. The zero-order chi connectivity index (χ0) is 10.5. The lowest BCUT2D eigenvalue weighted by Crippen LogP contribution is -2.17. The number of nitrogens with zero attached hydrogens (tertiary/aromatic N) is 2. The van der Waals surface area contributed by atoms with E-state index in [4.69, 9.17) is 0 Å². The minimum atomic E-state index is 0.918. The summed E-state index contributed by atoms with van der Waals surface area (Å²) < 4.78 is 1.91. The molecule has 15 heavy (non-hydrogen) atoms. The van der Waals surface area contributed by atoms with E-state index in [1.807, 2.05) is 30.3 Å². The van der Waals surface area contributed by atoms with Crippen LogP contribution in [0.3, 0.4) is 0 Å². The Morgan fingerprint density at radius 3 is 3.07 bits per heavy atom. The molecule has 2 rings (SSSR count). The Labute approximate surface area is 89.3 Å². The summed E-state index contributed by atoms with van der Waals surface area (Å²) in [6.45, 7) is 1.89. The smallest absolute Gasteiger partial charge is 0.0492 e. The van der Waals surface area contributed by atoms with Gasteiger partial charge in [-0.25, -0.2) is 0 Å². The van der Waals surface area contributed by atoms with Crippen LogP contribution < -0.4 is 5.32 Å². The maximum atomic E-state index is 4.13. The fourth-order valence-corrected chi connectivity index (χ4v) is 1.56. The van der Waals surface area contributed by atoms with Crippen molar-refractivity contribution in [1.82, 2.24) is 20.1 Å².